The zero-order valence-corrected chi connectivity index (χ0v) is 12.8. The number of hydrogen-bond acceptors (Lipinski definition) is 3. The third-order valence-electron chi connectivity index (χ3n) is 2.59. The summed E-state index contributed by atoms with van der Waals surface area (Å²) >= 11 is 2.21. The average molecular weight is 371 g/mol. The molecule has 0 fully saturated rings. The van der Waals surface area contributed by atoms with E-state index in [-0.39, 0.29) is 5.82 Å². The first-order valence-electron chi connectivity index (χ1n) is 6.18. The molecule has 0 bridgehead atoms. The second-order valence-electron chi connectivity index (χ2n) is 4.22. The summed E-state index contributed by atoms with van der Waals surface area (Å²) in [5.74, 6) is 1.32. The van der Waals surface area contributed by atoms with Crippen molar-refractivity contribution in [3.05, 3.63) is 51.2 Å². The molecule has 0 saturated heterocycles. The predicted molar refractivity (Wildman–Crippen MR) is 82.7 cm³/mol. The Bertz CT molecular complexity index is 560. The molecule has 19 heavy (non-hydrogen) atoms. The van der Waals surface area contributed by atoms with E-state index in [2.05, 4.69) is 44.8 Å². The molecule has 0 aliphatic heterocycles. The van der Waals surface area contributed by atoms with Crippen molar-refractivity contribution in [2.24, 2.45) is 0 Å². The lowest BCUT2D eigenvalue weighted by Crippen LogP contribution is -2.07. The molecule has 1 N–H and O–H groups in total. The standard InChI is InChI=1S/C14H15FIN3/c1-2-6-17-14-12(16)9-18-13(19-14)8-10-4-3-5-11(15)7-10/h3-5,7,9H,2,6,8H2,1H3,(H,17,18,19). The third kappa shape index (κ3) is 4.12. The van der Waals surface area contributed by atoms with Crippen LogP contribution in [0.15, 0.2) is 30.5 Å². The van der Waals surface area contributed by atoms with Crippen LogP contribution in [0.4, 0.5) is 10.2 Å². The van der Waals surface area contributed by atoms with Crippen molar-refractivity contribution in [2.75, 3.05) is 11.9 Å². The number of rotatable bonds is 5. The Morgan fingerprint density at radius 1 is 1.37 bits per heavy atom. The summed E-state index contributed by atoms with van der Waals surface area (Å²) < 4.78 is 14.1. The summed E-state index contributed by atoms with van der Waals surface area (Å²) in [6, 6.07) is 6.53. The van der Waals surface area contributed by atoms with Gasteiger partial charge in [-0.3, -0.25) is 0 Å². The number of benzene rings is 1. The number of nitrogens with zero attached hydrogens (tertiary/aromatic N) is 2. The number of hydrogen-bond donors (Lipinski definition) is 1. The molecule has 0 amide bonds. The summed E-state index contributed by atoms with van der Waals surface area (Å²) in [4.78, 5) is 8.77. The van der Waals surface area contributed by atoms with Crippen LogP contribution in [-0.2, 0) is 6.42 Å². The summed E-state index contributed by atoms with van der Waals surface area (Å²) in [5.41, 5.74) is 0.877. The lowest BCUT2D eigenvalue weighted by molar-refractivity contribution is 0.626. The third-order valence-corrected chi connectivity index (χ3v) is 3.38. The molecule has 0 saturated carbocycles. The van der Waals surface area contributed by atoms with Crippen LogP contribution in [0.2, 0.25) is 0 Å². The predicted octanol–water partition coefficient (Wildman–Crippen LogP) is 3.63. The fourth-order valence-electron chi connectivity index (χ4n) is 1.69. The Morgan fingerprint density at radius 3 is 2.95 bits per heavy atom. The highest BCUT2D eigenvalue weighted by Crippen LogP contribution is 2.16. The molecule has 0 unspecified atom stereocenters. The number of halogens is 2. The molecule has 0 radical (unpaired) electrons. The van der Waals surface area contributed by atoms with E-state index in [4.69, 9.17) is 0 Å². The van der Waals surface area contributed by atoms with Crippen molar-refractivity contribution in [1.82, 2.24) is 9.97 Å². The zero-order chi connectivity index (χ0) is 13.7. The van der Waals surface area contributed by atoms with Crippen LogP contribution in [0.25, 0.3) is 0 Å². The molecule has 0 atom stereocenters. The highest BCUT2D eigenvalue weighted by Gasteiger charge is 2.06. The van der Waals surface area contributed by atoms with Gasteiger partial charge in [-0.25, -0.2) is 14.4 Å². The van der Waals surface area contributed by atoms with E-state index in [1.165, 1.54) is 12.1 Å². The topological polar surface area (TPSA) is 37.8 Å². The smallest absolute Gasteiger partial charge is 0.143 e. The normalized spacial score (nSPS) is 10.5. The monoisotopic (exact) mass is 371 g/mol. The van der Waals surface area contributed by atoms with Gasteiger partial charge in [0.2, 0.25) is 0 Å². The molecule has 0 spiro atoms. The molecule has 0 aliphatic carbocycles. The van der Waals surface area contributed by atoms with Crippen molar-refractivity contribution in [3.63, 3.8) is 0 Å². The van der Waals surface area contributed by atoms with Gasteiger partial charge in [-0.15, -0.1) is 0 Å². The lowest BCUT2D eigenvalue weighted by Gasteiger charge is -2.08. The minimum Gasteiger partial charge on any atom is -0.369 e. The Labute approximate surface area is 125 Å². The average Bonchev–Trinajstić information content (AvgIpc) is 2.39. The van der Waals surface area contributed by atoms with Gasteiger partial charge in [0.15, 0.2) is 0 Å². The maximum atomic E-state index is 13.1. The molecular formula is C14H15FIN3. The quantitative estimate of drug-likeness (QED) is 0.816. The van der Waals surface area contributed by atoms with Gasteiger partial charge in [0.05, 0.1) is 3.57 Å². The first-order chi connectivity index (χ1) is 9.19. The van der Waals surface area contributed by atoms with E-state index in [9.17, 15) is 4.39 Å². The highest BCUT2D eigenvalue weighted by molar-refractivity contribution is 14.1. The van der Waals surface area contributed by atoms with Crippen LogP contribution in [-0.4, -0.2) is 16.5 Å². The van der Waals surface area contributed by atoms with Crippen molar-refractivity contribution >= 4 is 28.4 Å². The molecule has 1 heterocycles. The lowest BCUT2D eigenvalue weighted by atomic mass is 10.1. The van der Waals surface area contributed by atoms with Gasteiger partial charge in [-0.1, -0.05) is 19.1 Å². The fraction of sp³-hybridized carbons (Fsp3) is 0.286. The van der Waals surface area contributed by atoms with E-state index >= 15 is 0 Å². The Kier molecular flexibility index (Phi) is 5.07. The Hall–Kier alpha value is -1.24. The maximum absolute atomic E-state index is 13.1. The minimum atomic E-state index is -0.229. The van der Waals surface area contributed by atoms with Gasteiger partial charge in [0, 0.05) is 19.2 Å². The van der Waals surface area contributed by atoms with E-state index in [1.807, 2.05) is 6.07 Å². The van der Waals surface area contributed by atoms with E-state index in [1.54, 1.807) is 12.3 Å². The largest absolute Gasteiger partial charge is 0.369 e. The molecule has 2 rings (SSSR count). The molecule has 0 aliphatic rings. The summed E-state index contributed by atoms with van der Waals surface area (Å²) in [5, 5.41) is 3.27. The maximum Gasteiger partial charge on any atom is 0.143 e. The highest BCUT2D eigenvalue weighted by atomic mass is 127. The first-order valence-corrected chi connectivity index (χ1v) is 7.26. The molecule has 1 aromatic heterocycles. The Morgan fingerprint density at radius 2 is 2.21 bits per heavy atom. The SMILES string of the molecule is CCCNc1nc(Cc2cccc(F)c2)ncc1I. The van der Waals surface area contributed by atoms with Crippen LogP contribution in [0.5, 0.6) is 0 Å². The van der Waals surface area contributed by atoms with E-state index in [0.717, 1.165) is 27.9 Å². The minimum absolute atomic E-state index is 0.229. The Balaban J connectivity index is 2.16. The van der Waals surface area contributed by atoms with Gasteiger partial charge in [-0.05, 0) is 46.7 Å². The van der Waals surface area contributed by atoms with Crippen molar-refractivity contribution in [3.8, 4) is 0 Å². The number of anilines is 1. The molecule has 5 heteroatoms. The molecule has 1 aromatic carbocycles. The number of nitrogens with one attached hydrogen (secondary N) is 1. The number of aromatic nitrogens is 2. The van der Waals surface area contributed by atoms with Gasteiger partial charge >= 0.3 is 0 Å². The van der Waals surface area contributed by atoms with Gasteiger partial charge in [-0.2, -0.15) is 0 Å². The first kappa shape index (κ1) is 14.2. The molecular weight excluding hydrogens is 356 g/mol. The van der Waals surface area contributed by atoms with Crippen LogP contribution in [0.1, 0.15) is 24.7 Å². The van der Waals surface area contributed by atoms with Gasteiger partial charge in [0.1, 0.15) is 17.5 Å². The van der Waals surface area contributed by atoms with E-state index in [0.29, 0.717) is 12.2 Å². The summed E-state index contributed by atoms with van der Waals surface area (Å²) in [7, 11) is 0. The second kappa shape index (κ2) is 6.79. The van der Waals surface area contributed by atoms with Gasteiger partial charge in [0.25, 0.3) is 0 Å². The van der Waals surface area contributed by atoms with Gasteiger partial charge < -0.3 is 5.32 Å². The van der Waals surface area contributed by atoms with Crippen molar-refractivity contribution in [2.45, 2.75) is 19.8 Å². The molecule has 2 aromatic rings. The molecule has 3 nitrogen and oxygen atoms in total. The van der Waals surface area contributed by atoms with Crippen LogP contribution in [0.3, 0.4) is 0 Å². The summed E-state index contributed by atoms with van der Waals surface area (Å²) in [6.07, 6.45) is 3.37. The van der Waals surface area contributed by atoms with E-state index < -0.39 is 0 Å². The second-order valence-corrected chi connectivity index (χ2v) is 5.38. The zero-order valence-electron chi connectivity index (χ0n) is 10.7. The summed E-state index contributed by atoms with van der Waals surface area (Å²) in [6.45, 7) is 2.99. The fourth-order valence-corrected chi connectivity index (χ4v) is 2.14. The van der Waals surface area contributed by atoms with Crippen LogP contribution < -0.4 is 5.32 Å². The van der Waals surface area contributed by atoms with Crippen molar-refractivity contribution in [1.29, 1.82) is 0 Å². The van der Waals surface area contributed by atoms with Crippen molar-refractivity contribution < 1.29 is 4.39 Å². The molecule has 100 valence electrons. The van der Waals surface area contributed by atoms with Crippen LogP contribution in [0, 0.1) is 9.39 Å². The van der Waals surface area contributed by atoms with Crippen LogP contribution >= 0.6 is 22.6 Å².